The molecule has 7 nitrogen and oxygen atoms in total. The lowest BCUT2D eigenvalue weighted by atomic mass is 9.95. The molecule has 1 N–H and O–H groups in total. The topological polar surface area (TPSA) is 77.9 Å². The number of hydrogen-bond donors (Lipinski definition) is 1. The quantitative estimate of drug-likeness (QED) is 0.801. The molecule has 2 amide bonds. The minimum Gasteiger partial charge on any atom is -0.326 e. The lowest BCUT2D eigenvalue weighted by Gasteiger charge is -2.31. The van der Waals surface area contributed by atoms with Crippen molar-refractivity contribution in [3.05, 3.63) is 54.4 Å². The number of nitrogens with zero attached hydrogens (tertiary/aromatic N) is 4. The highest BCUT2D eigenvalue weighted by Crippen LogP contribution is 2.25. The zero-order valence-corrected chi connectivity index (χ0v) is 17.3. The molecule has 2 aromatic rings. The summed E-state index contributed by atoms with van der Waals surface area (Å²) in [7, 11) is 0. The molecule has 1 fully saturated rings. The molecule has 0 radical (unpaired) electrons. The Kier molecular flexibility index (Phi) is 6.18. The number of nitrogens with one attached hydrogen (secondary N) is 1. The van der Waals surface area contributed by atoms with Gasteiger partial charge in [-0.15, -0.1) is 0 Å². The maximum Gasteiger partial charge on any atom is 0.253 e. The molecule has 0 bridgehead atoms. The Morgan fingerprint density at radius 2 is 2.00 bits per heavy atom. The van der Waals surface area contributed by atoms with Crippen LogP contribution in [-0.4, -0.2) is 47.0 Å². The van der Waals surface area contributed by atoms with Gasteiger partial charge in [-0.3, -0.25) is 14.6 Å². The van der Waals surface area contributed by atoms with E-state index in [1.54, 1.807) is 6.07 Å². The lowest BCUT2D eigenvalue weighted by Crippen LogP contribution is -2.39. The highest BCUT2D eigenvalue weighted by molar-refractivity contribution is 6.12. The molecule has 1 aromatic heterocycles. The first kappa shape index (κ1) is 20.2. The maximum absolute atomic E-state index is 12.8. The van der Waals surface area contributed by atoms with Crippen LogP contribution in [0.5, 0.6) is 0 Å². The largest absolute Gasteiger partial charge is 0.326 e. The van der Waals surface area contributed by atoms with Crippen molar-refractivity contribution in [3.8, 4) is 0 Å². The molecule has 2 aliphatic rings. The first-order valence-electron chi connectivity index (χ1n) is 10.5. The van der Waals surface area contributed by atoms with Crippen LogP contribution in [0, 0.1) is 5.92 Å². The average molecular weight is 406 g/mol. The van der Waals surface area contributed by atoms with Gasteiger partial charge in [-0.2, -0.15) is 5.10 Å². The Balaban J connectivity index is 1.28. The number of pyridine rings is 1. The third-order valence-corrected chi connectivity index (χ3v) is 5.64. The van der Waals surface area contributed by atoms with Crippen molar-refractivity contribution in [3.63, 3.8) is 0 Å². The van der Waals surface area contributed by atoms with Crippen LogP contribution in [0.1, 0.15) is 31.9 Å². The van der Waals surface area contributed by atoms with Gasteiger partial charge < -0.3 is 10.2 Å². The van der Waals surface area contributed by atoms with Crippen molar-refractivity contribution in [2.75, 3.05) is 30.0 Å². The summed E-state index contributed by atoms with van der Waals surface area (Å²) in [6.07, 6.45) is 4.80. The first-order valence-corrected chi connectivity index (χ1v) is 10.5. The predicted octanol–water partition coefficient (Wildman–Crippen LogP) is 3.09. The molecule has 2 aliphatic heterocycles. The Morgan fingerprint density at radius 1 is 1.17 bits per heavy atom. The van der Waals surface area contributed by atoms with Gasteiger partial charge in [0.25, 0.3) is 5.91 Å². The van der Waals surface area contributed by atoms with Crippen LogP contribution in [0.25, 0.3) is 0 Å². The second-order valence-corrected chi connectivity index (χ2v) is 7.94. The van der Waals surface area contributed by atoms with E-state index in [0.29, 0.717) is 17.8 Å². The van der Waals surface area contributed by atoms with Gasteiger partial charge in [0.15, 0.2) is 0 Å². The second kappa shape index (κ2) is 9.17. The van der Waals surface area contributed by atoms with Crippen LogP contribution in [-0.2, 0) is 16.0 Å². The molecular weight excluding hydrogens is 378 g/mol. The number of aromatic nitrogens is 1. The molecular formula is C23H27N5O2. The van der Waals surface area contributed by atoms with Gasteiger partial charge >= 0.3 is 0 Å². The van der Waals surface area contributed by atoms with Crippen LogP contribution in [0.15, 0.2) is 53.8 Å². The van der Waals surface area contributed by atoms with E-state index in [9.17, 15) is 9.59 Å². The van der Waals surface area contributed by atoms with Crippen LogP contribution in [0.4, 0.5) is 11.4 Å². The number of anilines is 2. The Bertz CT molecular complexity index is 936. The second-order valence-electron chi connectivity index (χ2n) is 7.94. The van der Waals surface area contributed by atoms with E-state index in [1.807, 2.05) is 43.5 Å². The SMILES string of the molecule is CC1=NN(c2cccc(NC(=O)C3CCN(CCc4ccccn4)CC3)c2)C(=O)C1. The number of rotatable bonds is 6. The molecule has 3 heterocycles. The fourth-order valence-electron chi connectivity index (χ4n) is 3.95. The van der Waals surface area contributed by atoms with Crippen LogP contribution < -0.4 is 10.3 Å². The third kappa shape index (κ3) is 4.91. The molecule has 0 aliphatic carbocycles. The normalized spacial score (nSPS) is 17.8. The number of hydrogen-bond acceptors (Lipinski definition) is 5. The van der Waals surface area contributed by atoms with Crippen molar-refractivity contribution < 1.29 is 9.59 Å². The summed E-state index contributed by atoms with van der Waals surface area (Å²) in [6.45, 7) is 4.64. The molecule has 30 heavy (non-hydrogen) atoms. The van der Waals surface area contributed by atoms with Crippen molar-refractivity contribution in [2.45, 2.75) is 32.6 Å². The van der Waals surface area contributed by atoms with Gasteiger partial charge in [-0.1, -0.05) is 12.1 Å². The molecule has 156 valence electrons. The highest BCUT2D eigenvalue weighted by Gasteiger charge is 2.26. The summed E-state index contributed by atoms with van der Waals surface area (Å²) in [4.78, 5) is 31.6. The monoisotopic (exact) mass is 405 g/mol. The molecule has 4 rings (SSSR count). The van der Waals surface area contributed by atoms with E-state index in [-0.39, 0.29) is 17.7 Å². The number of amides is 2. The smallest absolute Gasteiger partial charge is 0.253 e. The Labute approximate surface area is 176 Å². The van der Waals surface area contributed by atoms with Crippen molar-refractivity contribution in [1.29, 1.82) is 0 Å². The molecule has 7 heteroatoms. The van der Waals surface area contributed by atoms with Crippen LogP contribution in [0.2, 0.25) is 0 Å². The number of carbonyl (C=O) groups is 2. The van der Waals surface area contributed by atoms with E-state index < -0.39 is 0 Å². The summed E-state index contributed by atoms with van der Waals surface area (Å²) in [5.41, 5.74) is 3.28. The fourth-order valence-corrected chi connectivity index (χ4v) is 3.95. The van der Waals surface area contributed by atoms with E-state index >= 15 is 0 Å². The number of piperidine rings is 1. The molecule has 0 atom stereocenters. The van der Waals surface area contributed by atoms with E-state index in [2.05, 4.69) is 26.4 Å². The van der Waals surface area contributed by atoms with Gasteiger partial charge in [0.1, 0.15) is 0 Å². The fraction of sp³-hybridized carbons (Fsp3) is 0.391. The summed E-state index contributed by atoms with van der Waals surface area (Å²) < 4.78 is 0. The van der Waals surface area contributed by atoms with E-state index in [0.717, 1.165) is 50.3 Å². The van der Waals surface area contributed by atoms with Crippen LogP contribution >= 0.6 is 0 Å². The number of benzene rings is 1. The molecule has 1 aromatic carbocycles. The van der Waals surface area contributed by atoms with Crippen molar-refractivity contribution >= 4 is 28.9 Å². The lowest BCUT2D eigenvalue weighted by molar-refractivity contribution is -0.121. The van der Waals surface area contributed by atoms with Crippen LogP contribution in [0.3, 0.4) is 0 Å². The minimum atomic E-state index is -0.0472. The number of hydrazone groups is 1. The summed E-state index contributed by atoms with van der Waals surface area (Å²) in [5.74, 6) is 0.00597. The maximum atomic E-state index is 12.8. The zero-order valence-electron chi connectivity index (χ0n) is 17.3. The highest BCUT2D eigenvalue weighted by atomic mass is 16.2. The van der Waals surface area contributed by atoms with E-state index in [1.165, 1.54) is 5.01 Å². The average Bonchev–Trinajstić information content (AvgIpc) is 3.11. The molecule has 1 saturated heterocycles. The van der Waals surface area contributed by atoms with E-state index in [4.69, 9.17) is 0 Å². The zero-order chi connectivity index (χ0) is 20.9. The molecule has 0 unspecified atom stereocenters. The van der Waals surface area contributed by atoms with Crippen molar-refractivity contribution in [1.82, 2.24) is 9.88 Å². The van der Waals surface area contributed by atoms with Gasteiger partial charge in [0.2, 0.25) is 5.91 Å². The van der Waals surface area contributed by atoms with Crippen molar-refractivity contribution in [2.24, 2.45) is 11.0 Å². The van der Waals surface area contributed by atoms with Gasteiger partial charge in [0, 0.05) is 42.2 Å². The summed E-state index contributed by atoms with van der Waals surface area (Å²) in [6, 6.07) is 13.3. The van der Waals surface area contributed by atoms with Gasteiger partial charge in [0.05, 0.1) is 12.1 Å². The Hall–Kier alpha value is -3.06. The molecule has 0 saturated carbocycles. The molecule has 0 spiro atoms. The summed E-state index contributed by atoms with van der Waals surface area (Å²) >= 11 is 0. The standard InChI is InChI=1S/C23H27N5O2/c1-17-15-22(29)28(26-17)21-7-4-6-20(16-21)25-23(30)18-8-12-27(13-9-18)14-10-19-5-2-3-11-24-19/h2-7,11,16,18H,8-10,12-15H2,1H3,(H,25,30). The summed E-state index contributed by atoms with van der Waals surface area (Å²) in [5, 5.41) is 8.70. The first-order chi connectivity index (χ1) is 14.6. The number of carbonyl (C=O) groups excluding carboxylic acids is 2. The third-order valence-electron chi connectivity index (χ3n) is 5.64. The van der Waals surface area contributed by atoms with Gasteiger partial charge in [-0.25, -0.2) is 5.01 Å². The predicted molar refractivity (Wildman–Crippen MR) is 117 cm³/mol. The number of likely N-dealkylation sites (tertiary alicyclic amines) is 1. The Morgan fingerprint density at radius 3 is 2.70 bits per heavy atom. The minimum absolute atomic E-state index is 0.00782. The van der Waals surface area contributed by atoms with Gasteiger partial charge in [-0.05, 0) is 63.2 Å².